The van der Waals surface area contributed by atoms with E-state index in [2.05, 4.69) is 15.1 Å². The van der Waals surface area contributed by atoms with E-state index < -0.39 is 0 Å². The molecular formula is C10H14ClN3O. The molecule has 5 heteroatoms. The smallest absolute Gasteiger partial charge is 0.151 e. The molecule has 1 aliphatic rings. The molecule has 1 saturated heterocycles. The van der Waals surface area contributed by atoms with Gasteiger partial charge in [-0.25, -0.2) is 0 Å². The van der Waals surface area contributed by atoms with Crippen molar-refractivity contribution < 1.29 is 4.74 Å². The van der Waals surface area contributed by atoms with Crippen molar-refractivity contribution in [2.45, 2.75) is 13.0 Å². The van der Waals surface area contributed by atoms with Crippen molar-refractivity contribution in [3.8, 4) is 0 Å². The van der Waals surface area contributed by atoms with Gasteiger partial charge in [0.1, 0.15) is 0 Å². The number of aromatic nitrogens is 2. The molecule has 82 valence electrons. The van der Waals surface area contributed by atoms with Crippen molar-refractivity contribution in [2.75, 3.05) is 30.5 Å². The van der Waals surface area contributed by atoms with Crippen LogP contribution in [0.2, 0.25) is 0 Å². The molecule has 0 amide bonds. The van der Waals surface area contributed by atoms with Crippen LogP contribution in [-0.4, -0.2) is 41.9 Å². The number of nitrogens with zero attached hydrogens (tertiary/aromatic N) is 3. The van der Waals surface area contributed by atoms with Crippen molar-refractivity contribution >= 4 is 17.4 Å². The molecule has 2 rings (SSSR count). The molecule has 0 N–H and O–H groups in total. The maximum Gasteiger partial charge on any atom is 0.151 e. The second kappa shape index (κ2) is 4.77. The Kier molecular flexibility index (Phi) is 3.38. The summed E-state index contributed by atoms with van der Waals surface area (Å²) < 4.78 is 5.37. The van der Waals surface area contributed by atoms with Gasteiger partial charge in [0.2, 0.25) is 0 Å². The SMILES string of the molecule is Cc1ccc(N2CCOCC2CCl)nn1. The lowest BCUT2D eigenvalue weighted by molar-refractivity contribution is 0.0993. The fourth-order valence-corrected chi connectivity index (χ4v) is 1.89. The molecule has 1 aliphatic heterocycles. The Morgan fingerprint density at radius 3 is 3.07 bits per heavy atom. The molecule has 0 saturated carbocycles. The van der Waals surface area contributed by atoms with Crippen LogP contribution in [0.5, 0.6) is 0 Å². The molecule has 0 bridgehead atoms. The second-order valence-corrected chi connectivity index (χ2v) is 3.92. The fraction of sp³-hybridized carbons (Fsp3) is 0.600. The van der Waals surface area contributed by atoms with Gasteiger partial charge in [-0.15, -0.1) is 16.7 Å². The van der Waals surface area contributed by atoms with E-state index in [1.165, 1.54) is 0 Å². The highest BCUT2D eigenvalue weighted by Gasteiger charge is 2.23. The summed E-state index contributed by atoms with van der Waals surface area (Å²) in [5.74, 6) is 1.43. The number of anilines is 1. The van der Waals surface area contributed by atoms with Gasteiger partial charge >= 0.3 is 0 Å². The van der Waals surface area contributed by atoms with Gasteiger partial charge in [0.15, 0.2) is 5.82 Å². The van der Waals surface area contributed by atoms with Crippen LogP contribution in [0.4, 0.5) is 5.82 Å². The van der Waals surface area contributed by atoms with Crippen LogP contribution in [-0.2, 0) is 4.74 Å². The largest absolute Gasteiger partial charge is 0.377 e. The monoisotopic (exact) mass is 227 g/mol. The van der Waals surface area contributed by atoms with Crippen LogP contribution in [0.1, 0.15) is 5.69 Å². The zero-order valence-corrected chi connectivity index (χ0v) is 9.44. The normalized spacial score (nSPS) is 21.7. The number of rotatable bonds is 2. The van der Waals surface area contributed by atoms with Gasteiger partial charge in [-0.1, -0.05) is 0 Å². The van der Waals surface area contributed by atoms with Crippen molar-refractivity contribution in [3.05, 3.63) is 17.8 Å². The molecule has 1 aromatic rings. The van der Waals surface area contributed by atoms with Crippen LogP contribution in [0.15, 0.2) is 12.1 Å². The van der Waals surface area contributed by atoms with Gasteiger partial charge < -0.3 is 9.64 Å². The number of ether oxygens (including phenoxy) is 1. The maximum absolute atomic E-state index is 5.89. The van der Waals surface area contributed by atoms with E-state index in [4.69, 9.17) is 16.3 Å². The molecule has 1 aromatic heterocycles. The van der Waals surface area contributed by atoms with Crippen molar-refractivity contribution in [2.24, 2.45) is 0 Å². The van der Waals surface area contributed by atoms with Crippen LogP contribution >= 0.6 is 11.6 Å². The minimum absolute atomic E-state index is 0.206. The van der Waals surface area contributed by atoms with E-state index in [0.29, 0.717) is 12.5 Å². The molecule has 1 fully saturated rings. The number of aryl methyl sites for hydroxylation is 1. The molecule has 2 heterocycles. The van der Waals surface area contributed by atoms with Gasteiger partial charge in [-0.3, -0.25) is 0 Å². The van der Waals surface area contributed by atoms with E-state index in [1.54, 1.807) is 0 Å². The van der Waals surface area contributed by atoms with Crippen molar-refractivity contribution in [1.82, 2.24) is 10.2 Å². The summed E-state index contributed by atoms with van der Waals surface area (Å²) in [6.07, 6.45) is 0. The van der Waals surface area contributed by atoms with E-state index in [-0.39, 0.29) is 6.04 Å². The Balaban J connectivity index is 2.16. The summed E-state index contributed by atoms with van der Waals surface area (Å²) in [7, 11) is 0. The second-order valence-electron chi connectivity index (χ2n) is 3.61. The summed E-state index contributed by atoms with van der Waals surface area (Å²) in [6.45, 7) is 4.15. The average Bonchev–Trinajstić information content (AvgIpc) is 2.30. The number of morpholine rings is 1. The lowest BCUT2D eigenvalue weighted by Gasteiger charge is -2.34. The lowest BCUT2D eigenvalue weighted by Crippen LogP contribution is -2.47. The fourth-order valence-electron chi connectivity index (χ4n) is 1.63. The van der Waals surface area contributed by atoms with Crippen LogP contribution in [0.3, 0.4) is 0 Å². The summed E-state index contributed by atoms with van der Waals surface area (Å²) in [4.78, 5) is 2.16. The Morgan fingerprint density at radius 2 is 2.40 bits per heavy atom. The molecule has 4 nitrogen and oxygen atoms in total. The standard InChI is InChI=1S/C10H14ClN3O/c1-8-2-3-10(13-12-8)14-4-5-15-7-9(14)6-11/h2-3,9H,4-7H2,1H3. The third kappa shape index (κ3) is 2.38. The first-order valence-electron chi connectivity index (χ1n) is 5.02. The Bertz CT molecular complexity index is 317. The van der Waals surface area contributed by atoms with E-state index in [1.807, 2.05) is 19.1 Å². The average molecular weight is 228 g/mol. The van der Waals surface area contributed by atoms with Gasteiger partial charge in [0.25, 0.3) is 0 Å². The summed E-state index contributed by atoms with van der Waals surface area (Å²) >= 11 is 5.89. The Labute approximate surface area is 94.2 Å². The van der Waals surface area contributed by atoms with Gasteiger partial charge in [0, 0.05) is 12.4 Å². The zero-order chi connectivity index (χ0) is 10.7. The molecular weight excluding hydrogens is 214 g/mol. The zero-order valence-electron chi connectivity index (χ0n) is 8.69. The number of hydrogen-bond acceptors (Lipinski definition) is 4. The lowest BCUT2D eigenvalue weighted by atomic mass is 10.2. The Hall–Kier alpha value is -0.870. The van der Waals surface area contributed by atoms with Crippen molar-refractivity contribution in [3.63, 3.8) is 0 Å². The topological polar surface area (TPSA) is 38.2 Å². The molecule has 0 radical (unpaired) electrons. The third-order valence-corrected chi connectivity index (χ3v) is 2.84. The summed E-state index contributed by atoms with van der Waals surface area (Å²) in [5.41, 5.74) is 0.925. The highest BCUT2D eigenvalue weighted by atomic mass is 35.5. The Morgan fingerprint density at radius 1 is 1.53 bits per heavy atom. The van der Waals surface area contributed by atoms with Gasteiger partial charge in [0.05, 0.1) is 24.9 Å². The first kappa shape index (κ1) is 10.6. The van der Waals surface area contributed by atoms with Crippen LogP contribution in [0, 0.1) is 6.92 Å². The van der Waals surface area contributed by atoms with Gasteiger partial charge in [-0.05, 0) is 19.1 Å². The predicted molar refractivity (Wildman–Crippen MR) is 59.4 cm³/mol. The summed E-state index contributed by atoms with van der Waals surface area (Å²) in [6, 6.07) is 4.15. The van der Waals surface area contributed by atoms with Crippen LogP contribution < -0.4 is 4.90 Å². The molecule has 0 aliphatic carbocycles. The highest BCUT2D eigenvalue weighted by molar-refractivity contribution is 6.18. The van der Waals surface area contributed by atoms with Crippen LogP contribution in [0.25, 0.3) is 0 Å². The molecule has 0 aromatic carbocycles. The first-order chi connectivity index (χ1) is 7.31. The first-order valence-corrected chi connectivity index (χ1v) is 5.55. The minimum atomic E-state index is 0.206. The number of alkyl halides is 1. The highest BCUT2D eigenvalue weighted by Crippen LogP contribution is 2.17. The van der Waals surface area contributed by atoms with Crippen molar-refractivity contribution in [1.29, 1.82) is 0 Å². The predicted octanol–water partition coefficient (Wildman–Crippen LogP) is 1.23. The number of hydrogen-bond donors (Lipinski definition) is 0. The summed E-state index contributed by atoms with van der Waals surface area (Å²) in [5, 5.41) is 8.21. The number of halogens is 1. The molecule has 15 heavy (non-hydrogen) atoms. The van der Waals surface area contributed by atoms with E-state index in [0.717, 1.165) is 24.7 Å². The maximum atomic E-state index is 5.89. The molecule has 1 atom stereocenters. The van der Waals surface area contributed by atoms with Gasteiger partial charge in [-0.2, -0.15) is 5.10 Å². The molecule has 1 unspecified atom stereocenters. The minimum Gasteiger partial charge on any atom is -0.377 e. The molecule has 0 spiro atoms. The van der Waals surface area contributed by atoms with E-state index >= 15 is 0 Å². The van der Waals surface area contributed by atoms with E-state index in [9.17, 15) is 0 Å². The quantitative estimate of drug-likeness (QED) is 0.713. The third-order valence-electron chi connectivity index (χ3n) is 2.48.